The van der Waals surface area contributed by atoms with Gasteiger partial charge >= 0.3 is 5.97 Å². The maximum Gasteiger partial charge on any atom is 0.325 e. The molecule has 3 amide bonds. The van der Waals surface area contributed by atoms with Gasteiger partial charge in [-0.05, 0) is 38.1 Å². The van der Waals surface area contributed by atoms with Crippen molar-refractivity contribution in [3.8, 4) is 5.75 Å². The van der Waals surface area contributed by atoms with Crippen molar-refractivity contribution in [3.63, 3.8) is 0 Å². The summed E-state index contributed by atoms with van der Waals surface area (Å²) in [6, 6.07) is 5.60. The number of rotatable bonds is 9. The first-order valence-electron chi connectivity index (χ1n) is 8.02. The number of likely N-dealkylation sites (N-methyl/N-ethyl adjacent to an activating group) is 1. The molecule has 0 aliphatic rings. The topological polar surface area (TPSA) is 123 Å². The summed E-state index contributed by atoms with van der Waals surface area (Å²) in [5, 5.41) is 7.33. The van der Waals surface area contributed by atoms with E-state index in [0.29, 0.717) is 17.9 Å². The molecule has 0 heterocycles. The van der Waals surface area contributed by atoms with E-state index in [1.54, 1.807) is 31.2 Å². The van der Waals surface area contributed by atoms with Gasteiger partial charge < -0.3 is 25.4 Å². The zero-order valence-electron chi connectivity index (χ0n) is 15.0. The summed E-state index contributed by atoms with van der Waals surface area (Å²) < 4.78 is 9.74. The van der Waals surface area contributed by atoms with E-state index in [2.05, 4.69) is 16.0 Å². The molecule has 0 aliphatic carbocycles. The smallest absolute Gasteiger partial charge is 0.325 e. The number of methoxy groups -OCH3 is 1. The van der Waals surface area contributed by atoms with Crippen LogP contribution in [-0.4, -0.2) is 56.5 Å². The van der Waals surface area contributed by atoms with Crippen LogP contribution < -0.4 is 20.7 Å². The molecular weight excluding hydrogens is 342 g/mol. The second-order valence-corrected chi connectivity index (χ2v) is 5.26. The average molecular weight is 365 g/mol. The van der Waals surface area contributed by atoms with Crippen LogP contribution in [0.5, 0.6) is 5.75 Å². The number of ether oxygens (including phenoxy) is 2. The highest BCUT2D eigenvalue weighted by atomic mass is 16.5. The number of hydrogen-bond acceptors (Lipinski definition) is 6. The molecule has 0 spiro atoms. The molecule has 0 saturated carbocycles. The zero-order chi connectivity index (χ0) is 19.5. The first kappa shape index (κ1) is 20.9. The molecule has 1 rings (SSSR count). The Bertz CT molecular complexity index is 644. The van der Waals surface area contributed by atoms with Crippen LogP contribution in [0.3, 0.4) is 0 Å². The van der Waals surface area contributed by atoms with E-state index in [-0.39, 0.29) is 12.5 Å². The van der Waals surface area contributed by atoms with E-state index in [0.717, 1.165) is 0 Å². The van der Waals surface area contributed by atoms with E-state index in [1.165, 1.54) is 14.0 Å². The zero-order valence-corrected chi connectivity index (χ0v) is 15.0. The van der Waals surface area contributed by atoms with Crippen molar-refractivity contribution in [2.24, 2.45) is 0 Å². The van der Waals surface area contributed by atoms with Gasteiger partial charge in [0, 0.05) is 12.1 Å². The molecule has 142 valence electrons. The maximum atomic E-state index is 11.9. The normalized spacial score (nSPS) is 11.0. The molecule has 0 aliphatic heterocycles. The first-order valence-corrected chi connectivity index (χ1v) is 8.02. The van der Waals surface area contributed by atoms with Crippen LogP contribution >= 0.6 is 0 Å². The van der Waals surface area contributed by atoms with Crippen LogP contribution in [0.25, 0.3) is 0 Å². The molecule has 0 radical (unpaired) electrons. The fourth-order valence-corrected chi connectivity index (χ4v) is 1.87. The fourth-order valence-electron chi connectivity index (χ4n) is 1.87. The lowest BCUT2D eigenvalue weighted by molar-refractivity contribution is -0.147. The predicted octanol–water partition coefficient (Wildman–Crippen LogP) is -0.391. The van der Waals surface area contributed by atoms with E-state index < -0.39 is 30.4 Å². The largest absolute Gasteiger partial charge is 0.497 e. The minimum absolute atomic E-state index is 0.334. The lowest BCUT2D eigenvalue weighted by atomic mass is 10.2. The molecule has 0 saturated heterocycles. The van der Waals surface area contributed by atoms with Gasteiger partial charge in [0.25, 0.3) is 11.8 Å². The van der Waals surface area contributed by atoms with Gasteiger partial charge in [0.15, 0.2) is 6.61 Å². The minimum Gasteiger partial charge on any atom is -0.497 e. The summed E-state index contributed by atoms with van der Waals surface area (Å²) in [5.41, 5.74) is 0.354. The Kier molecular flexibility index (Phi) is 8.62. The van der Waals surface area contributed by atoms with Gasteiger partial charge in [-0.15, -0.1) is 0 Å². The minimum atomic E-state index is -0.771. The Morgan fingerprint density at radius 2 is 1.73 bits per heavy atom. The van der Waals surface area contributed by atoms with E-state index in [4.69, 9.17) is 9.47 Å². The predicted molar refractivity (Wildman–Crippen MR) is 92.6 cm³/mol. The van der Waals surface area contributed by atoms with Gasteiger partial charge in [-0.1, -0.05) is 0 Å². The molecule has 0 fully saturated rings. The molecule has 9 heteroatoms. The third-order valence-corrected chi connectivity index (χ3v) is 3.23. The summed E-state index contributed by atoms with van der Waals surface area (Å²) in [4.78, 5) is 46.6. The van der Waals surface area contributed by atoms with Crippen molar-refractivity contribution < 1.29 is 28.7 Å². The van der Waals surface area contributed by atoms with Gasteiger partial charge in [-0.3, -0.25) is 19.2 Å². The van der Waals surface area contributed by atoms with Crippen LogP contribution in [-0.2, 0) is 19.1 Å². The van der Waals surface area contributed by atoms with Crippen molar-refractivity contribution in [3.05, 3.63) is 29.8 Å². The van der Waals surface area contributed by atoms with Crippen LogP contribution in [0.4, 0.5) is 0 Å². The highest BCUT2D eigenvalue weighted by Gasteiger charge is 2.16. The summed E-state index contributed by atoms with van der Waals surface area (Å²) in [7, 11) is 1.51. The number of amides is 3. The van der Waals surface area contributed by atoms with Gasteiger partial charge in [0.2, 0.25) is 5.91 Å². The highest BCUT2D eigenvalue weighted by Crippen LogP contribution is 2.10. The number of hydrogen-bond donors (Lipinski definition) is 3. The van der Waals surface area contributed by atoms with Crippen LogP contribution in [0.1, 0.15) is 24.2 Å². The number of nitrogens with one attached hydrogen (secondary N) is 3. The Labute approximate surface area is 151 Å². The number of benzene rings is 1. The summed E-state index contributed by atoms with van der Waals surface area (Å²) in [6.07, 6.45) is 0. The third kappa shape index (κ3) is 7.20. The first-order chi connectivity index (χ1) is 12.4. The molecular formula is C17H23N3O6. The van der Waals surface area contributed by atoms with Crippen LogP contribution in [0.15, 0.2) is 24.3 Å². The Morgan fingerprint density at radius 1 is 1.08 bits per heavy atom. The van der Waals surface area contributed by atoms with Crippen LogP contribution in [0.2, 0.25) is 0 Å². The Balaban J connectivity index is 2.32. The van der Waals surface area contributed by atoms with Crippen molar-refractivity contribution >= 4 is 23.7 Å². The monoisotopic (exact) mass is 365 g/mol. The Hall–Kier alpha value is -3.10. The highest BCUT2D eigenvalue weighted by molar-refractivity contribution is 5.96. The van der Waals surface area contributed by atoms with E-state index in [9.17, 15) is 19.2 Å². The summed E-state index contributed by atoms with van der Waals surface area (Å²) >= 11 is 0. The SMILES string of the molecule is CCNC(=O)[C@@H](C)NC(=O)COC(=O)CNC(=O)c1ccc(OC)cc1. The molecule has 26 heavy (non-hydrogen) atoms. The summed E-state index contributed by atoms with van der Waals surface area (Å²) in [6.45, 7) is 2.79. The number of esters is 1. The van der Waals surface area contributed by atoms with Gasteiger partial charge in [0.1, 0.15) is 18.3 Å². The summed E-state index contributed by atoms with van der Waals surface area (Å²) in [5.74, 6) is -1.57. The lowest BCUT2D eigenvalue weighted by Gasteiger charge is -2.13. The van der Waals surface area contributed by atoms with Crippen molar-refractivity contribution in [2.75, 3.05) is 26.8 Å². The van der Waals surface area contributed by atoms with Crippen molar-refractivity contribution in [1.29, 1.82) is 0 Å². The molecule has 9 nitrogen and oxygen atoms in total. The number of carbonyl (C=O) groups excluding carboxylic acids is 4. The molecule has 1 aromatic rings. The van der Waals surface area contributed by atoms with E-state index >= 15 is 0 Å². The van der Waals surface area contributed by atoms with Gasteiger partial charge in [0.05, 0.1) is 7.11 Å². The Morgan fingerprint density at radius 3 is 2.31 bits per heavy atom. The molecule has 1 atom stereocenters. The average Bonchev–Trinajstić information content (AvgIpc) is 2.64. The van der Waals surface area contributed by atoms with E-state index in [1.807, 2.05) is 0 Å². The molecule has 0 bridgehead atoms. The molecule has 3 N–H and O–H groups in total. The second-order valence-electron chi connectivity index (χ2n) is 5.26. The number of carbonyl (C=O) groups is 4. The van der Waals surface area contributed by atoms with Crippen molar-refractivity contribution in [2.45, 2.75) is 19.9 Å². The standard InChI is InChI=1S/C17H23N3O6/c1-4-18-16(23)11(2)20-14(21)10-26-15(22)9-19-17(24)12-5-7-13(25-3)8-6-12/h5-8,11H,4,9-10H2,1-3H3,(H,18,23)(H,19,24)(H,20,21)/t11-/m1/s1. The molecule has 1 aromatic carbocycles. The van der Waals surface area contributed by atoms with Gasteiger partial charge in [-0.25, -0.2) is 0 Å². The van der Waals surface area contributed by atoms with Gasteiger partial charge in [-0.2, -0.15) is 0 Å². The quantitative estimate of drug-likeness (QED) is 0.512. The lowest BCUT2D eigenvalue weighted by Crippen LogP contribution is -2.46. The van der Waals surface area contributed by atoms with Crippen molar-refractivity contribution in [1.82, 2.24) is 16.0 Å². The third-order valence-electron chi connectivity index (χ3n) is 3.23. The second kappa shape index (κ2) is 10.7. The molecule has 0 unspecified atom stereocenters. The molecule has 0 aromatic heterocycles. The van der Waals surface area contributed by atoms with Crippen LogP contribution in [0, 0.1) is 0 Å². The maximum absolute atomic E-state index is 11.9. The fraction of sp³-hybridized carbons (Fsp3) is 0.412.